The van der Waals surface area contributed by atoms with E-state index < -0.39 is 15.6 Å². The molecule has 0 aliphatic rings. The second-order valence-corrected chi connectivity index (χ2v) is 8.27. The average Bonchev–Trinajstić information content (AvgIpc) is 2.61. The van der Waals surface area contributed by atoms with Crippen molar-refractivity contribution in [2.45, 2.75) is 24.8 Å². The fourth-order valence-electron chi connectivity index (χ4n) is 2.28. The topological polar surface area (TPSA) is 106 Å². The lowest BCUT2D eigenvalue weighted by atomic mass is 10.1. The molecule has 1 aromatic carbocycles. The molecule has 1 heterocycles. The minimum Gasteiger partial charge on any atom is -0.326 e. The van der Waals surface area contributed by atoms with Crippen molar-refractivity contribution in [3.8, 4) is 0 Å². The van der Waals surface area contributed by atoms with Crippen LogP contribution in [0.4, 0.5) is 5.69 Å². The molecule has 0 spiro atoms. The number of benzene rings is 1. The van der Waals surface area contributed by atoms with Crippen molar-refractivity contribution in [2.75, 3.05) is 19.4 Å². The Morgan fingerprint density at radius 3 is 2.26 bits per heavy atom. The lowest BCUT2D eigenvalue weighted by Gasteiger charge is -2.13. The summed E-state index contributed by atoms with van der Waals surface area (Å²) in [5.41, 5.74) is 0.672. The molecule has 1 aromatic heterocycles. The van der Waals surface area contributed by atoms with E-state index in [1.165, 1.54) is 37.8 Å². The number of nitrogens with one attached hydrogen (secondary N) is 1. The molecule has 0 bridgehead atoms. The number of ketones is 1. The molecular weight excluding hydrogens is 370 g/mol. The van der Waals surface area contributed by atoms with Crippen LogP contribution in [-0.4, -0.2) is 43.1 Å². The zero-order valence-electron chi connectivity index (χ0n) is 15.3. The number of pyridine rings is 1. The van der Waals surface area contributed by atoms with Crippen molar-refractivity contribution >= 4 is 27.4 Å². The molecule has 0 radical (unpaired) electrons. The molecular formula is C18H21N3O5S. The van der Waals surface area contributed by atoms with Gasteiger partial charge in [-0.05, 0) is 37.3 Å². The number of rotatable bonds is 7. The van der Waals surface area contributed by atoms with Crippen LogP contribution in [0.2, 0.25) is 0 Å². The van der Waals surface area contributed by atoms with Crippen LogP contribution in [0, 0.1) is 0 Å². The van der Waals surface area contributed by atoms with Crippen molar-refractivity contribution in [1.82, 2.24) is 8.87 Å². The predicted molar refractivity (Wildman–Crippen MR) is 101 cm³/mol. The minimum atomic E-state index is -3.67. The SMILES string of the molecule is CC(=O)c1ccc(NC(=O)CCn2cc(S(=O)(=O)N(C)C)ccc2=O)cc1. The number of anilines is 1. The van der Waals surface area contributed by atoms with E-state index in [1.54, 1.807) is 24.3 Å². The third kappa shape index (κ3) is 5.11. The predicted octanol–water partition coefficient (Wildman–Crippen LogP) is 1.33. The second kappa shape index (κ2) is 8.28. The second-order valence-electron chi connectivity index (χ2n) is 6.12. The highest BCUT2D eigenvalue weighted by molar-refractivity contribution is 7.89. The zero-order chi connectivity index (χ0) is 20.2. The van der Waals surface area contributed by atoms with Gasteiger partial charge in [-0.2, -0.15) is 0 Å². The summed E-state index contributed by atoms with van der Waals surface area (Å²) in [7, 11) is -0.872. The summed E-state index contributed by atoms with van der Waals surface area (Å²) in [4.78, 5) is 35.2. The van der Waals surface area contributed by atoms with Crippen molar-refractivity contribution in [3.63, 3.8) is 0 Å². The Kier molecular flexibility index (Phi) is 6.29. The van der Waals surface area contributed by atoms with E-state index in [0.29, 0.717) is 11.3 Å². The number of aryl methyl sites for hydroxylation is 1. The van der Waals surface area contributed by atoms with Gasteiger partial charge in [-0.1, -0.05) is 0 Å². The fraction of sp³-hybridized carbons (Fsp3) is 0.278. The van der Waals surface area contributed by atoms with Crippen LogP contribution in [0.1, 0.15) is 23.7 Å². The molecule has 0 saturated heterocycles. The van der Waals surface area contributed by atoms with Crippen LogP contribution in [0.5, 0.6) is 0 Å². The fourth-order valence-corrected chi connectivity index (χ4v) is 3.20. The first-order valence-electron chi connectivity index (χ1n) is 8.15. The Balaban J connectivity index is 2.06. The van der Waals surface area contributed by atoms with Crippen LogP contribution in [-0.2, 0) is 21.4 Å². The molecule has 0 saturated carbocycles. The Labute approximate surface area is 157 Å². The van der Waals surface area contributed by atoms with E-state index >= 15 is 0 Å². The first kappa shape index (κ1) is 20.5. The van der Waals surface area contributed by atoms with E-state index in [9.17, 15) is 22.8 Å². The van der Waals surface area contributed by atoms with Gasteiger partial charge in [0.15, 0.2) is 5.78 Å². The molecule has 1 N–H and O–H groups in total. The molecule has 1 amide bonds. The van der Waals surface area contributed by atoms with E-state index in [2.05, 4.69) is 5.32 Å². The number of hydrogen-bond donors (Lipinski definition) is 1. The lowest BCUT2D eigenvalue weighted by molar-refractivity contribution is -0.116. The molecule has 0 aliphatic carbocycles. The molecule has 0 aliphatic heterocycles. The number of nitrogens with zero attached hydrogens (tertiary/aromatic N) is 2. The standard InChI is InChI=1S/C18H21N3O5S/c1-13(22)14-4-6-15(7-5-14)19-17(23)10-11-21-12-16(8-9-18(21)24)27(25,26)20(2)3/h4-9,12H,10-11H2,1-3H3,(H,19,23). The van der Waals surface area contributed by atoms with Crippen molar-refractivity contribution in [1.29, 1.82) is 0 Å². The third-order valence-corrected chi connectivity index (χ3v) is 5.69. The van der Waals surface area contributed by atoms with Crippen LogP contribution in [0.15, 0.2) is 52.3 Å². The molecule has 0 atom stereocenters. The van der Waals surface area contributed by atoms with Crippen molar-refractivity contribution < 1.29 is 18.0 Å². The molecule has 0 unspecified atom stereocenters. The average molecular weight is 391 g/mol. The van der Waals surface area contributed by atoms with Crippen LogP contribution in [0.3, 0.4) is 0 Å². The van der Waals surface area contributed by atoms with Gasteiger partial charge in [0, 0.05) is 50.6 Å². The maximum atomic E-state index is 12.2. The van der Waals surface area contributed by atoms with Gasteiger partial charge in [0.1, 0.15) is 0 Å². The molecule has 144 valence electrons. The first-order chi connectivity index (χ1) is 12.6. The highest BCUT2D eigenvalue weighted by Gasteiger charge is 2.18. The van der Waals surface area contributed by atoms with Gasteiger partial charge in [0.25, 0.3) is 5.56 Å². The number of sulfonamides is 1. The minimum absolute atomic E-state index is 0.0141. The van der Waals surface area contributed by atoms with Crippen LogP contribution < -0.4 is 10.9 Å². The number of amides is 1. The Morgan fingerprint density at radius 2 is 1.70 bits per heavy atom. The number of hydrogen-bond acceptors (Lipinski definition) is 5. The highest BCUT2D eigenvalue weighted by atomic mass is 32.2. The summed E-state index contributed by atoms with van der Waals surface area (Å²) in [5, 5.41) is 2.67. The summed E-state index contributed by atoms with van der Waals surface area (Å²) < 4.78 is 26.6. The van der Waals surface area contributed by atoms with E-state index in [1.807, 2.05) is 0 Å². The molecule has 8 nitrogen and oxygen atoms in total. The molecule has 2 aromatic rings. The van der Waals surface area contributed by atoms with Gasteiger partial charge >= 0.3 is 0 Å². The number of aromatic nitrogens is 1. The van der Waals surface area contributed by atoms with Gasteiger partial charge in [-0.15, -0.1) is 0 Å². The Hall–Kier alpha value is -2.78. The quantitative estimate of drug-likeness (QED) is 0.717. The summed E-state index contributed by atoms with van der Waals surface area (Å²) in [6, 6.07) is 8.85. The molecule has 9 heteroatoms. The van der Waals surface area contributed by atoms with Gasteiger partial charge in [-0.25, -0.2) is 12.7 Å². The van der Waals surface area contributed by atoms with Crippen molar-refractivity contribution in [2.24, 2.45) is 0 Å². The first-order valence-corrected chi connectivity index (χ1v) is 9.59. The highest BCUT2D eigenvalue weighted by Crippen LogP contribution is 2.12. The van der Waals surface area contributed by atoms with Crippen molar-refractivity contribution in [3.05, 3.63) is 58.5 Å². The van der Waals surface area contributed by atoms with E-state index in [-0.39, 0.29) is 29.6 Å². The summed E-state index contributed by atoms with van der Waals surface area (Å²) in [6.07, 6.45) is 1.21. The summed E-state index contributed by atoms with van der Waals surface area (Å²) in [6.45, 7) is 1.49. The molecule has 27 heavy (non-hydrogen) atoms. The number of carbonyl (C=O) groups excluding carboxylic acids is 2. The third-order valence-electron chi connectivity index (χ3n) is 3.89. The maximum Gasteiger partial charge on any atom is 0.250 e. The largest absolute Gasteiger partial charge is 0.326 e. The normalized spacial score (nSPS) is 11.4. The Bertz CT molecular complexity index is 1010. The van der Waals surface area contributed by atoms with E-state index in [0.717, 1.165) is 10.4 Å². The van der Waals surface area contributed by atoms with Gasteiger partial charge in [0.05, 0.1) is 4.90 Å². The summed E-state index contributed by atoms with van der Waals surface area (Å²) in [5.74, 6) is -0.404. The van der Waals surface area contributed by atoms with Gasteiger partial charge < -0.3 is 9.88 Å². The number of carbonyl (C=O) groups is 2. The maximum absolute atomic E-state index is 12.2. The van der Waals surface area contributed by atoms with Crippen LogP contribution in [0.25, 0.3) is 0 Å². The van der Waals surface area contributed by atoms with Gasteiger partial charge in [-0.3, -0.25) is 14.4 Å². The molecule has 0 fully saturated rings. The van der Waals surface area contributed by atoms with Gasteiger partial charge in [0.2, 0.25) is 15.9 Å². The van der Waals surface area contributed by atoms with Crippen LogP contribution >= 0.6 is 0 Å². The van der Waals surface area contributed by atoms with E-state index in [4.69, 9.17) is 0 Å². The lowest BCUT2D eigenvalue weighted by Crippen LogP contribution is -2.27. The molecule has 2 rings (SSSR count). The summed E-state index contributed by atoms with van der Waals surface area (Å²) >= 11 is 0. The zero-order valence-corrected chi connectivity index (χ0v) is 16.1. The smallest absolute Gasteiger partial charge is 0.250 e. The number of Topliss-reactive ketones (excluding diaryl/α,β-unsaturated/α-hetero) is 1. The Morgan fingerprint density at radius 1 is 1.07 bits per heavy atom. The monoisotopic (exact) mass is 391 g/mol.